The zero-order valence-corrected chi connectivity index (χ0v) is 23.6. The van der Waals surface area contributed by atoms with Crippen LogP contribution in [0.5, 0.6) is 23.0 Å². The summed E-state index contributed by atoms with van der Waals surface area (Å²) in [7, 11) is 0. The normalized spacial score (nSPS) is 11.1. The summed E-state index contributed by atoms with van der Waals surface area (Å²) >= 11 is 0. The molecule has 0 heterocycles. The zero-order valence-electron chi connectivity index (χ0n) is 23.6. The second kappa shape index (κ2) is 13.7. The van der Waals surface area contributed by atoms with Gasteiger partial charge in [0.1, 0.15) is 23.0 Å². The van der Waals surface area contributed by atoms with Gasteiger partial charge in [-0.15, -0.1) is 0 Å². The highest BCUT2D eigenvalue weighted by atomic mass is 16.5. The van der Waals surface area contributed by atoms with Crippen LogP contribution in [0.1, 0.15) is 81.0 Å². The summed E-state index contributed by atoms with van der Waals surface area (Å²) in [5.41, 5.74) is 18.3. The van der Waals surface area contributed by atoms with Gasteiger partial charge in [-0.1, -0.05) is 57.9 Å². The van der Waals surface area contributed by atoms with Crippen LogP contribution in [0, 0.1) is 0 Å². The van der Waals surface area contributed by atoms with Gasteiger partial charge in [0.2, 0.25) is 0 Å². The van der Waals surface area contributed by atoms with Gasteiger partial charge in [0.15, 0.2) is 0 Å². The monoisotopic (exact) mass is 522 g/mol. The van der Waals surface area contributed by atoms with Gasteiger partial charge in [0, 0.05) is 17.3 Å². The van der Waals surface area contributed by atoms with Gasteiger partial charge < -0.3 is 20.9 Å². The van der Waals surface area contributed by atoms with Gasteiger partial charge in [-0.2, -0.15) is 0 Å². The fourth-order valence-electron chi connectivity index (χ4n) is 4.95. The number of aryl methyl sites for hydroxylation is 2. The number of unbranched alkanes of at least 4 members (excludes halogenated alkanes) is 2. The maximum Gasteiger partial charge on any atom is 0.130 e. The Morgan fingerprint density at radius 3 is 1.33 bits per heavy atom. The third kappa shape index (κ3) is 7.57. The number of hydrogen-bond acceptors (Lipinski definition) is 4. The van der Waals surface area contributed by atoms with Crippen molar-refractivity contribution < 1.29 is 9.47 Å². The molecule has 0 unspecified atom stereocenters. The lowest BCUT2D eigenvalue weighted by Crippen LogP contribution is -2.04. The largest absolute Gasteiger partial charge is 0.457 e. The Hall–Kier alpha value is -3.92. The fraction of sp³-hybridized carbons (Fsp3) is 0.314. The molecular formula is C35H42N2O2. The van der Waals surface area contributed by atoms with E-state index in [0.717, 1.165) is 79.3 Å². The molecule has 0 radical (unpaired) electrons. The van der Waals surface area contributed by atoms with E-state index in [-0.39, 0.29) is 0 Å². The summed E-state index contributed by atoms with van der Waals surface area (Å²) in [5.74, 6) is 3.74. The molecule has 4 N–H and O–H groups in total. The van der Waals surface area contributed by atoms with E-state index in [1.807, 2.05) is 48.5 Å². The van der Waals surface area contributed by atoms with Gasteiger partial charge in [0.05, 0.1) is 0 Å². The highest BCUT2D eigenvalue weighted by Crippen LogP contribution is 2.37. The lowest BCUT2D eigenvalue weighted by atomic mass is 9.86. The summed E-state index contributed by atoms with van der Waals surface area (Å²) in [6.07, 6.45) is 7.50. The van der Waals surface area contributed by atoms with Crippen LogP contribution in [0.25, 0.3) is 0 Å². The predicted molar refractivity (Wildman–Crippen MR) is 164 cm³/mol. The molecule has 0 bridgehead atoms. The van der Waals surface area contributed by atoms with Crippen LogP contribution in [0.2, 0.25) is 0 Å². The number of nitrogen functional groups attached to an aromatic ring is 2. The van der Waals surface area contributed by atoms with Crippen molar-refractivity contribution >= 4 is 11.4 Å². The molecule has 4 aromatic carbocycles. The fourth-order valence-corrected chi connectivity index (χ4v) is 4.95. The third-order valence-electron chi connectivity index (χ3n) is 7.20. The third-order valence-corrected chi connectivity index (χ3v) is 7.20. The second-order valence-corrected chi connectivity index (χ2v) is 10.2. The first kappa shape index (κ1) is 28.1. The van der Waals surface area contributed by atoms with E-state index >= 15 is 0 Å². The zero-order chi connectivity index (χ0) is 27.6. The summed E-state index contributed by atoms with van der Waals surface area (Å²) in [5, 5.41) is 0. The maximum atomic E-state index is 6.30. The molecule has 4 heteroatoms. The minimum absolute atomic E-state index is 0.293. The number of rotatable bonds is 13. The van der Waals surface area contributed by atoms with Crippen LogP contribution in [-0.2, 0) is 12.8 Å². The molecule has 0 atom stereocenters. The van der Waals surface area contributed by atoms with Crippen molar-refractivity contribution in [2.75, 3.05) is 11.5 Å². The van der Waals surface area contributed by atoms with Crippen molar-refractivity contribution in [2.45, 2.75) is 71.6 Å². The molecule has 0 amide bonds. The molecule has 4 nitrogen and oxygen atoms in total. The minimum Gasteiger partial charge on any atom is -0.457 e. The molecule has 204 valence electrons. The van der Waals surface area contributed by atoms with E-state index < -0.39 is 0 Å². The van der Waals surface area contributed by atoms with Crippen LogP contribution in [0.4, 0.5) is 11.4 Å². The van der Waals surface area contributed by atoms with Crippen molar-refractivity contribution in [3.63, 3.8) is 0 Å². The number of hydrogen-bond donors (Lipinski definition) is 2. The Kier molecular flexibility index (Phi) is 9.91. The van der Waals surface area contributed by atoms with E-state index in [0.29, 0.717) is 5.92 Å². The molecule has 0 aromatic heterocycles. The van der Waals surface area contributed by atoms with Gasteiger partial charge in [-0.05, 0) is 115 Å². The number of nitrogens with two attached hydrogens (primary N) is 2. The lowest BCUT2D eigenvalue weighted by molar-refractivity contribution is 0.474. The Labute approximate surface area is 234 Å². The average molecular weight is 523 g/mol. The van der Waals surface area contributed by atoms with Crippen LogP contribution in [0.15, 0.2) is 84.9 Å². The topological polar surface area (TPSA) is 70.5 Å². The molecule has 0 spiro atoms. The molecule has 0 saturated heterocycles. The SMILES string of the molecule is CCCCc1cc(C(CC)c2ccc(Oc3ccc(N)cc3)c(CCCC)c2)ccc1Oc1ccc(N)cc1. The number of ether oxygens (including phenoxy) is 2. The molecule has 0 aliphatic carbocycles. The highest BCUT2D eigenvalue weighted by molar-refractivity contribution is 5.49. The van der Waals surface area contributed by atoms with Crippen molar-refractivity contribution in [3.8, 4) is 23.0 Å². The Bertz CT molecular complexity index is 1230. The minimum atomic E-state index is 0.293. The van der Waals surface area contributed by atoms with E-state index in [1.54, 1.807) is 0 Å². The smallest absolute Gasteiger partial charge is 0.130 e. The first-order chi connectivity index (χ1) is 19.0. The molecule has 0 saturated carbocycles. The summed E-state index contributed by atoms with van der Waals surface area (Å²) in [6.45, 7) is 6.72. The van der Waals surface area contributed by atoms with Crippen LogP contribution in [0.3, 0.4) is 0 Å². The number of benzene rings is 4. The Balaban J connectivity index is 1.64. The number of anilines is 2. The van der Waals surface area contributed by atoms with Crippen molar-refractivity contribution in [1.29, 1.82) is 0 Å². The highest BCUT2D eigenvalue weighted by Gasteiger charge is 2.17. The molecule has 0 fully saturated rings. The summed E-state index contributed by atoms with van der Waals surface area (Å²) in [4.78, 5) is 0. The standard InChI is InChI=1S/C35H42N2O2/c1-4-7-9-27-23-25(11-21-34(27)38-31-17-13-29(36)14-18-31)33(6-3)26-12-22-35(28(24-26)10-8-5-2)39-32-19-15-30(37)16-20-32/h11-24,33H,4-10,36-37H2,1-3H3. The summed E-state index contributed by atoms with van der Waals surface area (Å²) in [6, 6.07) is 28.6. The molecule has 4 rings (SSSR count). The summed E-state index contributed by atoms with van der Waals surface area (Å²) < 4.78 is 12.6. The quantitative estimate of drug-likeness (QED) is 0.171. The van der Waals surface area contributed by atoms with E-state index in [2.05, 4.69) is 57.2 Å². The molecular weight excluding hydrogens is 480 g/mol. The van der Waals surface area contributed by atoms with Gasteiger partial charge in [-0.25, -0.2) is 0 Å². The molecule has 0 aliphatic rings. The molecule has 4 aromatic rings. The van der Waals surface area contributed by atoms with E-state index in [9.17, 15) is 0 Å². The van der Waals surface area contributed by atoms with E-state index in [4.69, 9.17) is 20.9 Å². The van der Waals surface area contributed by atoms with Crippen molar-refractivity contribution in [1.82, 2.24) is 0 Å². The lowest BCUT2D eigenvalue weighted by Gasteiger charge is -2.21. The van der Waals surface area contributed by atoms with Crippen LogP contribution >= 0.6 is 0 Å². The van der Waals surface area contributed by atoms with Crippen LogP contribution < -0.4 is 20.9 Å². The van der Waals surface area contributed by atoms with Crippen molar-refractivity contribution in [2.24, 2.45) is 0 Å². The van der Waals surface area contributed by atoms with Gasteiger partial charge in [-0.3, -0.25) is 0 Å². The van der Waals surface area contributed by atoms with Crippen molar-refractivity contribution in [3.05, 3.63) is 107 Å². The van der Waals surface area contributed by atoms with E-state index in [1.165, 1.54) is 22.3 Å². The Morgan fingerprint density at radius 2 is 0.974 bits per heavy atom. The average Bonchev–Trinajstić information content (AvgIpc) is 2.95. The van der Waals surface area contributed by atoms with Gasteiger partial charge in [0.25, 0.3) is 0 Å². The Morgan fingerprint density at radius 1 is 0.564 bits per heavy atom. The maximum absolute atomic E-state index is 6.30. The predicted octanol–water partition coefficient (Wildman–Crippen LogP) is 9.66. The first-order valence-electron chi connectivity index (χ1n) is 14.3. The van der Waals surface area contributed by atoms with Crippen LogP contribution in [-0.4, -0.2) is 0 Å². The molecule has 0 aliphatic heterocycles. The van der Waals surface area contributed by atoms with Gasteiger partial charge >= 0.3 is 0 Å². The molecule has 39 heavy (non-hydrogen) atoms. The first-order valence-corrected chi connectivity index (χ1v) is 14.3. The second-order valence-electron chi connectivity index (χ2n) is 10.2.